The SMILES string of the molecule is Cc1cc(NC(=O)c2cccc([C@@H]3C[C@H]3NC3CCC3)c2)n(C)n1. The summed E-state index contributed by atoms with van der Waals surface area (Å²) in [6, 6.07) is 11.2. The molecule has 4 rings (SSSR count). The molecule has 0 aliphatic heterocycles. The molecule has 1 aromatic heterocycles. The van der Waals surface area contributed by atoms with Gasteiger partial charge in [0, 0.05) is 36.7 Å². The fourth-order valence-electron chi connectivity index (χ4n) is 3.45. The highest BCUT2D eigenvalue weighted by Crippen LogP contribution is 2.42. The molecule has 0 radical (unpaired) electrons. The molecule has 126 valence electrons. The Morgan fingerprint density at radius 3 is 2.79 bits per heavy atom. The van der Waals surface area contributed by atoms with Crippen LogP contribution in [0.15, 0.2) is 30.3 Å². The van der Waals surface area contributed by atoms with Crippen molar-refractivity contribution in [1.82, 2.24) is 15.1 Å². The van der Waals surface area contributed by atoms with Gasteiger partial charge < -0.3 is 10.6 Å². The predicted molar refractivity (Wildman–Crippen MR) is 94.3 cm³/mol. The second-order valence-electron chi connectivity index (χ2n) is 7.12. The van der Waals surface area contributed by atoms with E-state index in [-0.39, 0.29) is 5.91 Å². The minimum atomic E-state index is -0.0796. The van der Waals surface area contributed by atoms with Crippen LogP contribution in [0.5, 0.6) is 0 Å². The highest BCUT2D eigenvalue weighted by atomic mass is 16.1. The molecule has 2 N–H and O–H groups in total. The Hall–Kier alpha value is -2.14. The van der Waals surface area contributed by atoms with E-state index in [2.05, 4.69) is 21.8 Å². The molecule has 5 heteroatoms. The van der Waals surface area contributed by atoms with Crippen LogP contribution in [0.1, 0.15) is 53.2 Å². The smallest absolute Gasteiger partial charge is 0.256 e. The van der Waals surface area contributed by atoms with Crippen LogP contribution in [-0.2, 0) is 7.05 Å². The maximum Gasteiger partial charge on any atom is 0.256 e. The van der Waals surface area contributed by atoms with Crippen LogP contribution in [-0.4, -0.2) is 27.8 Å². The topological polar surface area (TPSA) is 59.0 Å². The summed E-state index contributed by atoms with van der Waals surface area (Å²) in [5.74, 6) is 1.19. The Morgan fingerprint density at radius 2 is 2.12 bits per heavy atom. The lowest BCUT2D eigenvalue weighted by Gasteiger charge is -2.26. The van der Waals surface area contributed by atoms with Gasteiger partial charge in [0.1, 0.15) is 5.82 Å². The normalized spacial score (nSPS) is 22.9. The van der Waals surface area contributed by atoms with Crippen LogP contribution in [0.4, 0.5) is 5.82 Å². The van der Waals surface area contributed by atoms with Crippen molar-refractivity contribution in [3.8, 4) is 0 Å². The third-order valence-electron chi connectivity index (χ3n) is 5.17. The second kappa shape index (κ2) is 6.06. The van der Waals surface area contributed by atoms with Gasteiger partial charge in [-0.25, -0.2) is 0 Å². The third-order valence-corrected chi connectivity index (χ3v) is 5.17. The van der Waals surface area contributed by atoms with Crippen LogP contribution >= 0.6 is 0 Å². The van der Waals surface area contributed by atoms with E-state index in [4.69, 9.17) is 0 Å². The summed E-state index contributed by atoms with van der Waals surface area (Å²) in [4.78, 5) is 12.5. The van der Waals surface area contributed by atoms with Crippen molar-refractivity contribution in [2.45, 2.75) is 50.6 Å². The fraction of sp³-hybridized carbons (Fsp3) is 0.474. The van der Waals surface area contributed by atoms with Gasteiger partial charge in [0.05, 0.1) is 5.69 Å². The van der Waals surface area contributed by atoms with Gasteiger partial charge in [-0.1, -0.05) is 18.6 Å². The molecule has 1 heterocycles. The molecule has 24 heavy (non-hydrogen) atoms. The number of hydrogen-bond acceptors (Lipinski definition) is 3. The summed E-state index contributed by atoms with van der Waals surface area (Å²) in [5.41, 5.74) is 2.87. The second-order valence-corrected chi connectivity index (χ2v) is 7.12. The first-order chi connectivity index (χ1) is 11.6. The van der Waals surface area contributed by atoms with Gasteiger partial charge in [-0.3, -0.25) is 9.48 Å². The zero-order valence-corrected chi connectivity index (χ0v) is 14.2. The maximum atomic E-state index is 12.5. The van der Waals surface area contributed by atoms with E-state index in [0.29, 0.717) is 17.5 Å². The number of benzene rings is 1. The van der Waals surface area contributed by atoms with Crippen molar-refractivity contribution in [1.29, 1.82) is 0 Å². The molecular formula is C19H24N4O. The molecule has 0 bridgehead atoms. The number of carbonyl (C=O) groups excluding carboxylic acids is 1. The Labute approximate surface area is 142 Å². The first-order valence-electron chi connectivity index (χ1n) is 8.78. The average Bonchev–Trinajstić information content (AvgIpc) is 3.22. The predicted octanol–water partition coefficient (Wildman–Crippen LogP) is 2.98. The lowest BCUT2D eigenvalue weighted by Crippen LogP contribution is -2.37. The van der Waals surface area contributed by atoms with Crippen molar-refractivity contribution in [3.05, 3.63) is 47.2 Å². The van der Waals surface area contributed by atoms with Gasteiger partial charge in [0.25, 0.3) is 5.91 Å². The summed E-state index contributed by atoms with van der Waals surface area (Å²) < 4.78 is 1.69. The number of rotatable bonds is 5. The highest BCUT2D eigenvalue weighted by molar-refractivity contribution is 6.04. The van der Waals surface area contributed by atoms with E-state index in [1.807, 2.05) is 38.2 Å². The largest absolute Gasteiger partial charge is 0.311 e. The number of carbonyl (C=O) groups is 1. The minimum absolute atomic E-state index is 0.0796. The highest BCUT2D eigenvalue weighted by Gasteiger charge is 2.40. The number of amides is 1. The molecule has 2 saturated carbocycles. The molecule has 2 aliphatic carbocycles. The van der Waals surface area contributed by atoms with Gasteiger partial charge in [0.2, 0.25) is 0 Å². The number of aromatic nitrogens is 2. The average molecular weight is 324 g/mol. The van der Waals surface area contributed by atoms with Gasteiger partial charge in [-0.2, -0.15) is 5.10 Å². The summed E-state index contributed by atoms with van der Waals surface area (Å²) in [6.45, 7) is 1.92. The van der Waals surface area contributed by atoms with Gasteiger partial charge in [-0.15, -0.1) is 0 Å². The van der Waals surface area contributed by atoms with E-state index in [1.54, 1.807) is 4.68 Å². The van der Waals surface area contributed by atoms with E-state index >= 15 is 0 Å². The van der Waals surface area contributed by atoms with Crippen molar-refractivity contribution < 1.29 is 4.79 Å². The standard InChI is InChI=1S/C19H24N4O/c1-12-9-18(23(2)22-12)21-19(24)14-6-3-5-13(10-14)16-11-17(16)20-15-7-4-8-15/h3,5-6,9-10,15-17,20H,4,7-8,11H2,1-2H3,(H,21,24)/t16-,17+/m0/s1. The lowest BCUT2D eigenvalue weighted by atomic mass is 9.93. The van der Waals surface area contributed by atoms with Crippen LogP contribution in [0.25, 0.3) is 0 Å². The molecule has 5 nitrogen and oxygen atoms in total. The fourth-order valence-corrected chi connectivity index (χ4v) is 3.45. The van der Waals surface area contributed by atoms with E-state index in [1.165, 1.54) is 31.2 Å². The molecule has 2 atom stereocenters. The third kappa shape index (κ3) is 3.08. The van der Waals surface area contributed by atoms with E-state index < -0.39 is 0 Å². The van der Waals surface area contributed by atoms with Crippen LogP contribution in [0, 0.1) is 6.92 Å². The Balaban J connectivity index is 1.42. The van der Waals surface area contributed by atoms with Crippen LogP contribution < -0.4 is 10.6 Å². The quantitative estimate of drug-likeness (QED) is 0.889. The number of aryl methyl sites for hydroxylation is 2. The zero-order valence-electron chi connectivity index (χ0n) is 14.2. The van der Waals surface area contributed by atoms with Crippen LogP contribution in [0.2, 0.25) is 0 Å². The molecule has 1 aromatic carbocycles. The molecule has 2 fully saturated rings. The van der Waals surface area contributed by atoms with Crippen molar-refractivity contribution in [2.75, 3.05) is 5.32 Å². The molecule has 0 spiro atoms. The van der Waals surface area contributed by atoms with Gasteiger partial charge >= 0.3 is 0 Å². The minimum Gasteiger partial charge on any atom is -0.311 e. The Kier molecular flexibility index (Phi) is 3.88. The Bertz CT molecular complexity index is 762. The molecule has 2 aliphatic rings. The molecule has 2 aromatic rings. The zero-order chi connectivity index (χ0) is 16.7. The summed E-state index contributed by atoms with van der Waals surface area (Å²) in [5, 5.41) is 10.9. The van der Waals surface area contributed by atoms with E-state index in [0.717, 1.165) is 17.6 Å². The number of nitrogens with zero attached hydrogens (tertiary/aromatic N) is 2. The summed E-state index contributed by atoms with van der Waals surface area (Å²) in [6.07, 6.45) is 5.17. The number of hydrogen-bond donors (Lipinski definition) is 2. The first kappa shape index (κ1) is 15.4. The van der Waals surface area contributed by atoms with Crippen molar-refractivity contribution in [2.24, 2.45) is 7.05 Å². The van der Waals surface area contributed by atoms with Crippen molar-refractivity contribution >= 4 is 11.7 Å². The summed E-state index contributed by atoms with van der Waals surface area (Å²) in [7, 11) is 1.83. The van der Waals surface area contributed by atoms with E-state index in [9.17, 15) is 4.79 Å². The molecule has 0 saturated heterocycles. The Morgan fingerprint density at radius 1 is 1.29 bits per heavy atom. The molecule has 0 unspecified atom stereocenters. The van der Waals surface area contributed by atoms with Gasteiger partial charge in [0.15, 0.2) is 0 Å². The first-order valence-corrected chi connectivity index (χ1v) is 8.78. The maximum absolute atomic E-state index is 12.5. The monoisotopic (exact) mass is 324 g/mol. The molecule has 1 amide bonds. The van der Waals surface area contributed by atoms with Crippen LogP contribution in [0.3, 0.4) is 0 Å². The number of anilines is 1. The lowest BCUT2D eigenvalue weighted by molar-refractivity contribution is 0.102. The van der Waals surface area contributed by atoms with Crippen molar-refractivity contribution in [3.63, 3.8) is 0 Å². The summed E-state index contributed by atoms with van der Waals surface area (Å²) >= 11 is 0. The van der Waals surface area contributed by atoms with Gasteiger partial charge in [-0.05, 0) is 43.9 Å². The molecular weight excluding hydrogens is 300 g/mol. The number of nitrogens with one attached hydrogen (secondary N) is 2.